The van der Waals surface area contributed by atoms with Gasteiger partial charge in [-0.05, 0) is 34.7 Å². The summed E-state index contributed by atoms with van der Waals surface area (Å²) in [6.07, 6.45) is 6.84. The van der Waals surface area contributed by atoms with E-state index in [9.17, 15) is 0 Å². The zero-order valence-electron chi connectivity index (χ0n) is 9.04. The Kier molecular flexibility index (Phi) is 3.95. The Balaban J connectivity index is 1.97. The van der Waals surface area contributed by atoms with Crippen LogP contribution >= 0.6 is 15.9 Å². The molecule has 88 valence electrons. The molecule has 0 unspecified atom stereocenters. The Morgan fingerprint density at radius 1 is 1.31 bits per heavy atom. The van der Waals surface area contributed by atoms with Gasteiger partial charge in [-0.15, -0.1) is 0 Å². The van der Waals surface area contributed by atoms with E-state index >= 15 is 0 Å². The second kappa shape index (κ2) is 5.45. The third kappa shape index (κ3) is 2.62. The number of hydrogen-bond acceptors (Lipinski definition) is 5. The van der Waals surface area contributed by atoms with Crippen molar-refractivity contribution in [3.63, 3.8) is 0 Å². The molecule has 16 heavy (non-hydrogen) atoms. The highest BCUT2D eigenvalue weighted by atomic mass is 79.9. The normalized spacial score (nSPS) is 16.4. The highest BCUT2D eigenvalue weighted by molar-refractivity contribution is 9.10. The van der Waals surface area contributed by atoms with Gasteiger partial charge in [-0.3, -0.25) is 0 Å². The van der Waals surface area contributed by atoms with Gasteiger partial charge in [0.05, 0.1) is 0 Å². The van der Waals surface area contributed by atoms with Crippen molar-refractivity contribution in [2.24, 2.45) is 11.8 Å². The monoisotopic (exact) mass is 285 g/mol. The van der Waals surface area contributed by atoms with Crippen LogP contribution in [0.4, 0.5) is 11.6 Å². The number of hydrogen-bond donors (Lipinski definition) is 3. The Bertz CT molecular complexity index is 351. The number of nitrogens with two attached hydrogens (primary N) is 1. The van der Waals surface area contributed by atoms with E-state index in [4.69, 9.17) is 5.84 Å². The van der Waals surface area contributed by atoms with Crippen LogP contribution in [0, 0.1) is 5.92 Å². The first kappa shape index (κ1) is 11.6. The lowest BCUT2D eigenvalue weighted by atomic mass is 10.1. The number of hydrazine groups is 1. The summed E-state index contributed by atoms with van der Waals surface area (Å²) < 4.78 is 0.787. The molecule has 1 aliphatic carbocycles. The topological polar surface area (TPSA) is 75.9 Å². The largest absolute Gasteiger partial charge is 0.369 e. The Hall–Kier alpha value is -0.880. The van der Waals surface area contributed by atoms with Gasteiger partial charge in [-0.1, -0.05) is 12.8 Å². The van der Waals surface area contributed by atoms with Crippen LogP contribution in [0.2, 0.25) is 0 Å². The molecule has 1 aliphatic rings. The molecule has 0 aromatic carbocycles. The third-order valence-electron chi connectivity index (χ3n) is 2.96. The fourth-order valence-corrected chi connectivity index (χ4v) is 2.51. The van der Waals surface area contributed by atoms with Gasteiger partial charge in [-0.25, -0.2) is 15.8 Å². The summed E-state index contributed by atoms with van der Waals surface area (Å²) >= 11 is 3.42. The van der Waals surface area contributed by atoms with Gasteiger partial charge in [0.1, 0.15) is 16.6 Å². The molecule has 1 aromatic rings. The first-order valence-electron chi connectivity index (χ1n) is 5.52. The van der Waals surface area contributed by atoms with Crippen LogP contribution in [0.1, 0.15) is 25.7 Å². The molecule has 0 radical (unpaired) electrons. The molecule has 5 nitrogen and oxygen atoms in total. The zero-order valence-corrected chi connectivity index (χ0v) is 10.6. The van der Waals surface area contributed by atoms with Crippen LogP contribution in [-0.2, 0) is 0 Å². The highest BCUT2D eigenvalue weighted by Crippen LogP contribution is 2.28. The standard InChI is InChI=1S/C10H16BrN5/c11-8-9(14-6-15-10(8)16-12)13-5-7-3-1-2-4-7/h6-7H,1-5,12H2,(H2,13,14,15,16). The van der Waals surface area contributed by atoms with Gasteiger partial charge in [0.15, 0.2) is 5.82 Å². The lowest BCUT2D eigenvalue weighted by Crippen LogP contribution is -2.14. The smallest absolute Gasteiger partial charge is 0.159 e. The Labute approximate surface area is 103 Å². The molecular weight excluding hydrogens is 270 g/mol. The van der Waals surface area contributed by atoms with Crippen LogP contribution in [0.3, 0.4) is 0 Å². The number of nitrogens with one attached hydrogen (secondary N) is 2. The maximum Gasteiger partial charge on any atom is 0.159 e. The lowest BCUT2D eigenvalue weighted by molar-refractivity contribution is 0.578. The van der Waals surface area contributed by atoms with Crippen molar-refractivity contribution in [3.8, 4) is 0 Å². The van der Waals surface area contributed by atoms with E-state index in [2.05, 4.69) is 36.6 Å². The number of nitrogens with zero attached hydrogens (tertiary/aromatic N) is 2. The van der Waals surface area contributed by atoms with Crippen LogP contribution in [-0.4, -0.2) is 16.5 Å². The zero-order chi connectivity index (χ0) is 11.4. The fraction of sp³-hybridized carbons (Fsp3) is 0.600. The number of anilines is 2. The van der Waals surface area contributed by atoms with E-state index < -0.39 is 0 Å². The Morgan fingerprint density at radius 3 is 2.69 bits per heavy atom. The molecule has 2 rings (SSSR count). The summed E-state index contributed by atoms with van der Waals surface area (Å²) in [5.74, 6) is 7.52. The molecule has 0 saturated heterocycles. The van der Waals surface area contributed by atoms with Crippen molar-refractivity contribution in [3.05, 3.63) is 10.8 Å². The number of aromatic nitrogens is 2. The van der Waals surface area contributed by atoms with Crippen LogP contribution in [0.15, 0.2) is 10.8 Å². The van der Waals surface area contributed by atoms with Crippen LogP contribution in [0.5, 0.6) is 0 Å². The summed E-state index contributed by atoms with van der Waals surface area (Å²) in [4.78, 5) is 8.19. The van der Waals surface area contributed by atoms with Gasteiger partial charge in [0.2, 0.25) is 0 Å². The molecule has 0 atom stereocenters. The van der Waals surface area contributed by atoms with E-state index in [0.29, 0.717) is 5.82 Å². The molecule has 1 aromatic heterocycles. The van der Waals surface area contributed by atoms with Gasteiger partial charge in [-0.2, -0.15) is 0 Å². The van der Waals surface area contributed by atoms with Gasteiger partial charge in [0.25, 0.3) is 0 Å². The van der Waals surface area contributed by atoms with Crippen molar-refractivity contribution < 1.29 is 0 Å². The molecule has 4 N–H and O–H groups in total. The SMILES string of the molecule is NNc1ncnc(NCC2CCCC2)c1Br. The number of rotatable bonds is 4. The summed E-state index contributed by atoms with van der Waals surface area (Å²) in [5.41, 5.74) is 2.53. The van der Waals surface area contributed by atoms with E-state index in [1.165, 1.54) is 32.0 Å². The quantitative estimate of drug-likeness (QED) is 0.584. The summed E-state index contributed by atoms with van der Waals surface area (Å²) in [5, 5.41) is 3.34. The summed E-state index contributed by atoms with van der Waals surface area (Å²) in [7, 11) is 0. The van der Waals surface area contributed by atoms with Gasteiger partial charge >= 0.3 is 0 Å². The molecular formula is C10H16BrN5. The average Bonchev–Trinajstić information content (AvgIpc) is 2.81. The lowest BCUT2D eigenvalue weighted by Gasteiger charge is -2.13. The molecule has 0 aliphatic heterocycles. The molecule has 6 heteroatoms. The Morgan fingerprint density at radius 2 is 2.00 bits per heavy atom. The van der Waals surface area contributed by atoms with Gasteiger partial charge in [0, 0.05) is 6.54 Å². The second-order valence-electron chi connectivity index (χ2n) is 4.06. The van der Waals surface area contributed by atoms with Crippen molar-refractivity contribution in [1.82, 2.24) is 9.97 Å². The minimum absolute atomic E-state index is 0.601. The predicted molar refractivity (Wildman–Crippen MR) is 68.0 cm³/mol. The van der Waals surface area contributed by atoms with Crippen molar-refractivity contribution >= 4 is 27.6 Å². The number of halogens is 1. The highest BCUT2D eigenvalue weighted by Gasteiger charge is 2.15. The van der Waals surface area contributed by atoms with E-state index in [1.807, 2.05) is 0 Å². The fourth-order valence-electron chi connectivity index (χ4n) is 2.05. The van der Waals surface area contributed by atoms with E-state index in [0.717, 1.165) is 22.8 Å². The first-order valence-corrected chi connectivity index (χ1v) is 6.31. The van der Waals surface area contributed by atoms with Crippen molar-refractivity contribution in [2.75, 3.05) is 17.3 Å². The molecule has 0 spiro atoms. The predicted octanol–water partition coefficient (Wildman–Crippen LogP) is 2.13. The average molecular weight is 286 g/mol. The van der Waals surface area contributed by atoms with E-state index in [1.54, 1.807) is 0 Å². The molecule has 1 fully saturated rings. The number of nitrogen functional groups attached to an aromatic ring is 1. The summed E-state index contributed by atoms with van der Waals surface area (Å²) in [6, 6.07) is 0. The molecule has 1 saturated carbocycles. The molecule has 0 amide bonds. The minimum atomic E-state index is 0.601. The van der Waals surface area contributed by atoms with Crippen LogP contribution in [0.25, 0.3) is 0 Å². The van der Waals surface area contributed by atoms with Crippen molar-refractivity contribution in [1.29, 1.82) is 0 Å². The maximum absolute atomic E-state index is 5.34. The molecule has 0 bridgehead atoms. The second-order valence-corrected chi connectivity index (χ2v) is 4.85. The summed E-state index contributed by atoms with van der Waals surface area (Å²) in [6.45, 7) is 0.972. The van der Waals surface area contributed by atoms with Crippen LogP contribution < -0.4 is 16.6 Å². The minimum Gasteiger partial charge on any atom is -0.369 e. The maximum atomic E-state index is 5.34. The third-order valence-corrected chi connectivity index (χ3v) is 3.71. The molecule has 1 heterocycles. The van der Waals surface area contributed by atoms with E-state index in [-0.39, 0.29) is 0 Å². The first-order chi connectivity index (χ1) is 7.81. The van der Waals surface area contributed by atoms with Gasteiger partial charge < -0.3 is 10.7 Å². The van der Waals surface area contributed by atoms with Crippen molar-refractivity contribution in [2.45, 2.75) is 25.7 Å².